The summed E-state index contributed by atoms with van der Waals surface area (Å²) in [7, 11) is 0. The molecular formula is C16H18N5. The van der Waals surface area contributed by atoms with Gasteiger partial charge in [0.2, 0.25) is 0 Å². The summed E-state index contributed by atoms with van der Waals surface area (Å²) >= 11 is 0. The Balaban J connectivity index is 1.96. The van der Waals surface area contributed by atoms with Crippen molar-refractivity contribution in [3.63, 3.8) is 0 Å². The van der Waals surface area contributed by atoms with Gasteiger partial charge in [0.1, 0.15) is 12.1 Å². The number of hydrogen-bond donors (Lipinski definition) is 1. The molecule has 5 heteroatoms. The number of nitrogens with zero attached hydrogens (tertiary/aromatic N) is 4. The van der Waals surface area contributed by atoms with Crippen LogP contribution in [0.15, 0.2) is 18.5 Å². The van der Waals surface area contributed by atoms with E-state index in [9.17, 15) is 0 Å². The Hall–Kier alpha value is -2.35. The normalized spacial score (nSPS) is 19.7. The number of nitrogen functional groups attached to an aromatic ring is 1. The number of allylic oxidation sites excluding steroid dienone is 1. The van der Waals surface area contributed by atoms with E-state index < -0.39 is 0 Å². The Morgan fingerprint density at radius 3 is 2.90 bits per heavy atom. The van der Waals surface area contributed by atoms with Crippen molar-refractivity contribution < 1.29 is 0 Å². The predicted octanol–water partition coefficient (Wildman–Crippen LogP) is 2.17. The maximum absolute atomic E-state index is 6.11. The summed E-state index contributed by atoms with van der Waals surface area (Å²) in [6.07, 6.45) is 4.77. The van der Waals surface area contributed by atoms with Crippen molar-refractivity contribution in [1.82, 2.24) is 19.6 Å². The van der Waals surface area contributed by atoms with E-state index in [1.165, 1.54) is 10.8 Å². The fourth-order valence-electron chi connectivity index (χ4n) is 2.66. The van der Waals surface area contributed by atoms with Crippen LogP contribution in [0.2, 0.25) is 0 Å². The molecule has 0 bridgehead atoms. The van der Waals surface area contributed by atoms with E-state index >= 15 is 0 Å². The Morgan fingerprint density at radius 1 is 1.52 bits per heavy atom. The summed E-state index contributed by atoms with van der Waals surface area (Å²) < 4.78 is 1.50. The molecule has 2 N–H and O–H groups in total. The lowest BCUT2D eigenvalue weighted by Crippen LogP contribution is -2.36. The standard InChI is InChI=1S/C16H18N5/c1-10(13-7-8-16(13,3)4)5-6-12-11(2)20-15-18-9-19-21(15)14(12)17/h8-9,13H,1,7,17H2,2-4H3. The van der Waals surface area contributed by atoms with Gasteiger partial charge in [0.05, 0.1) is 11.3 Å². The third-order valence-electron chi connectivity index (χ3n) is 4.19. The van der Waals surface area contributed by atoms with Gasteiger partial charge >= 0.3 is 0 Å². The third-order valence-corrected chi connectivity index (χ3v) is 4.19. The largest absolute Gasteiger partial charge is 0.382 e. The molecule has 2 heterocycles. The highest BCUT2D eigenvalue weighted by molar-refractivity contribution is 5.58. The Kier molecular flexibility index (Phi) is 2.98. The molecule has 1 saturated carbocycles. The number of hydrogen-bond acceptors (Lipinski definition) is 4. The molecule has 1 aliphatic carbocycles. The highest BCUT2D eigenvalue weighted by Crippen LogP contribution is 2.48. The van der Waals surface area contributed by atoms with E-state index in [2.05, 4.69) is 53.8 Å². The minimum absolute atomic E-state index is 0.181. The van der Waals surface area contributed by atoms with Gasteiger partial charge in [-0.15, -0.1) is 0 Å². The van der Waals surface area contributed by atoms with Gasteiger partial charge in [-0.2, -0.15) is 14.6 Å². The second kappa shape index (κ2) is 4.59. The third kappa shape index (κ3) is 2.17. The molecule has 3 rings (SSSR count). The van der Waals surface area contributed by atoms with Gasteiger partial charge < -0.3 is 5.73 Å². The molecule has 0 saturated heterocycles. The molecule has 1 radical (unpaired) electrons. The first-order valence-corrected chi connectivity index (χ1v) is 6.91. The van der Waals surface area contributed by atoms with Gasteiger partial charge in [-0.3, -0.25) is 0 Å². The Morgan fingerprint density at radius 2 is 2.29 bits per heavy atom. The lowest BCUT2D eigenvalue weighted by atomic mass is 9.60. The number of aryl methyl sites for hydroxylation is 1. The molecule has 1 unspecified atom stereocenters. The van der Waals surface area contributed by atoms with Crippen molar-refractivity contribution in [1.29, 1.82) is 0 Å². The van der Waals surface area contributed by atoms with E-state index in [1.54, 1.807) is 0 Å². The number of rotatable bonds is 1. The average molecular weight is 280 g/mol. The molecule has 0 aromatic carbocycles. The van der Waals surface area contributed by atoms with Gasteiger partial charge in [0.25, 0.3) is 5.78 Å². The number of aromatic nitrogens is 4. The molecular weight excluding hydrogens is 262 g/mol. The van der Waals surface area contributed by atoms with Crippen molar-refractivity contribution in [3.8, 4) is 11.8 Å². The van der Waals surface area contributed by atoms with Crippen LogP contribution >= 0.6 is 0 Å². The van der Waals surface area contributed by atoms with Crippen LogP contribution in [0.25, 0.3) is 5.78 Å². The van der Waals surface area contributed by atoms with E-state index in [1.807, 2.05) is 6.92 Å². The minimum Gasteiger partial charge on any atom is -0.382 e. The first kappa shape index (κ1) is 13.6. The van der Waals surface area contributed by atoms with Crippen LogP contribution in [0.4, 0.5) is 5.82 Å². The van der Waals surface area contributed by atoms with Crippen molar-refractivity contribution in [2.75, 3.05) is 5.73 Å². The summed E-state index contributed by atoms with van der Waals surface area (Å²) in [6.45, 7) is 10.4. The van der Waals surface area contributed by atoms with Crippen LogP contribution in [-0.2, 0) is 0 Å². The predicted molar refractivity (Wildman–Crippen MR) is 82.1 cm³/mol. The van der Waals surface area contributed by atoms with Crippen molar-refractivity contribution in [2.45, 2.75) is 27.2 Å². The molecule has 21 heavy (non-hydrogen) atoms. The molecule has 1 fully saturated rings. The zero-order valence-corrected chi connectivity index (χ0v) is 12.5. The molecule has 107 valence electrons. The summed E-state index contributed by atoms with van der Waals surface area (Å²) in [6, 6.07) is 0. The Bertz CT molecular complexity index is 788. The Labute approximate surface area is 124 Å². The smallest absolute Gasteiger partial charge is 0.254 e. The maximum Gasteiger partial charge on any atom is 0.254 e. The second-order valence-electron chi connectivity index (χ2n) is 6.02. The number of nitrogens with two attached hydrogens (primary N) is 1. The monoisotopic (exact) mass is 280 g/mol. The van der Waals surface area contributed by atoms with Crippen LogP contribution in [-0.4, -0.2) is 19.6 Å². The van der Waals surface area contributed by atoms with Crippen molar-refractivity contribution in [3.05, 3.63) is 36.2 Å². The average Bonchev–Trinajstić information content (AvgIpc) is 2.85. The first-order chi connectivity index (χ1) is 9.90. The van der Waals surface area contributed by atoms with Crippen molar-refractivity contribution in [2.24, 2.45) is 11.3 Å². The fourth-order valence-corrected chi connectivity index (χ4v) is 2.66. The van der Waals surface area contributed by atoms with Crippen LogP contribution in [0.1, 0.15) is 31.5 Å². The van der Waals surface area contributed by atoms with Crippen molar-refractivity contribution >= 4 is 11.6 Å². The molecule has 1 aliphatic rings. The fraction of sp³-hybridized carbons (Fsp3) is 0.375. The lowest BCUT2D eigenvalue weighted by molar-refractivity contribution is 0.200. The van der Waals surface area contributed by atoms with Crippen LogP contribution < -0.4 is 5.73 Å². The number of anilines is 1. The highest BCUT2D eigenvalue weighted by atomic mass is 15.3. The zero-order chi connectivity index (χ0) is 15.2. The molecule has 0 aliphatic heterocycles. The van der Waals surface area contributed by atoms with Crippen LogP contribution in [0.3, 0.4) is 0 Å². The summed E-state index contributed by atoms with van der Waals surface area (Å²) in [4.78, 5) is 8.39. The van der Waals surface area contributed by atoms with Gasteiger partial charge in [0, 0.05) is 0 Å². The van der Waals surface area contributed by atoms with E-state index in [0.29, 0.717) is 23.1 Å². The second-order valence-corrected chi connectivity index (χ2v) is 6.02. The lowest BCUT2D eigenvalue weighted by Gasteiger charge is -2.44. The molecule has 2 aromatic heterocycles. The summed E-state index contributed by atoms with van der Waals surface area (Å²) in [5, 5.41) is 4.06. The topological polar surface area (TPSA) is 69.1 Å². The van der Waals surface area contributed by atoms with Gasteiger partial charge in [-0.25, -0.2) is 4.98 Å². The highest BCUT2D eigenvalue weighted by Gasteiger charge is 2.39. The number of fused-ring (bicyclic) bond motifs is 1. The molecule has 0 spiro atoms. The molecule has 0 amide bonds. The van der Waals surface area contributed by atoms with E-state index in [0.717, 1.165) is 17.7 Å². The molecule has 2 aromatic rings. The quantitative estimate of drug-likeness (QED) is 0.813. The summed E-state index contributed by atoms with van der Waals surface area (Å²) in [5.74, 6) is 7.63. The van der Waals surface area contributed by atoms with Gasteiger partial charge in [-0.1, -0.05) is 32.3 Å². The SMILES string of the molecule is C=C(C#Cc1c(C)nc2ncnn2c1N)C1C[CH]C1(C)C. The molecule has 5 nitrogen and oxygen atoms in total. The maximum atomic E-state index is 6.11. The van der Waals surface area contributed by atoms with E-state index in [4.69, 9.17) is 5.73 Å². The van der Waals surface area contributed by atoms with Crippen LogP contribution in [0.5, 0.6) is 0 Å². The minimum atomic E-state index is 0.181. The van der Waals surface area contributed by atoms with E-state index in [-0.39, 0.29) is 5.41 Å². The zero-order valence-electron chi connectivity index (χ0n) is 12.5. The summed E-state index contributed by atoms with van der Waals surface area (Å²) in [5.41, 5.74) is 8.68. The van der Waals surface area contributed by atoms with Gasteiger partial charge in [-0.05, 0) is 36.7 Å². The van der Waals surface area contributed by atoms with Crippen LogP contribution in [0, 0.1) is 36.5 Å². The first-order valence-electron chi connectivity index (χ1n) is 6.91. The molecule has 1 atom stereocenters. The van der Waals surface area contributed by atoms with Gasteiger partial charge in [0.15, 0.2) is 0 Å².